The third-order valence-electron chi connectivity index (χ3n) is 5.20. The standard InChI is InChI=1S/C25H21FN2O4/c1-31-21-11-7-19(8-12-21)24-14-23(18-5-9-20(26)10-6-18)27-28(24)25(30)16-32-22-4-2-3-17(13-22)15-29/h2-13,15,24H,14,16H2,1H3. The lowest BCUT2D eigenvalue weighted by atomic mass is 9.98. The van der Waals surface area contributed by atoms with Crippen LogP contribution in [0.2, 0.25) is 0 Å². The van der Waals surface area contributed by atoms with Crippen LogP contribution in [0.1, 0.15) is 33.9 Å². The van der Waals surface area contributed by atoms with Gasteiger partial charge in [0.25, 0.3) is 5.91 Å². The molecule has 7 heteroatoms. The number of nitrogens with zero attached hydrogens (tertiary/aromatic N) is 2. The summed E-state index contributed by atoms with van der Waals surface area (Å²) in [7, 11) is 1.59. The van der Waals surface area contributed by atoms with Crippen molar-refractivity contribution in [3.8, 4) is 11.5 Å². The van der Waals surface area contributed by atoms with Crippen LogP contribution < -0.4 is 9.47 Å². The Morgan fingerprint density at radius 1 is 1.09 bits per heavy atom. The molecule has 0 aromatic heterocycles. The van der Waals surface area contributed by atoms with Crippen molar-refractivity contribution in [1.29, 1.82) is 0 Å². The van der Waals surface area contributed by atoms with Gasteiger partial charge < -0.3 is 9.47 Å². The minimum absolute atomic E-state index is 0.241. The number of carbonyl (C=O) groups excluding carboxylic acids is 2. The molecule has 0 saturated heterocycles. The van der Waals surface area contributed by atoms with Crippen molar-refractivity contribution in [2.45, 2.75) is 12.5 Å². The maximum atomic E-state index is 13.4. The van der Waals surface area contributed by atoms with Crippen molar-refractivity contribution in [1.82, 2.24) is 5.01 Å². The second-order valence-corrected chi connectivity index (χ2v) is 7.26. The summed E-state index contributed by atoms with van der Waals surface area (Å²) in [6.45, 7) is -0.241. The van der Waals surface area contributed by atoms with Crippen molar-refractivity contribution in [2.75, 3.05) is 13.7 Å². The third-order valence-corrected chi connectivity index (χ3v) is 5.20. The second-order valence-electron chi connectivity index (χ2n) is 7.26. The highest BCUT2D eigenvalue weighted by molar-refractivity contribution is 6.03. The number of carbonyl (C=O) groups is 2. The molecule has 0 aliphatic carbocycles. The zero-order valence-corrected chi connectivity index (χ0v) is 17.4. The molecule has 3 aromatic carbocycles. The topological polar surface area (TPSA) is 68.2 Å². The first-order valence-electron chi connectivity index (χ1n) is 10.0. The van der Waals surface area contributed by atoms with Gasteiger partial charge in [-0.1, -0.05) is 36.4 Å². The molecule has 1 aliphatic rings. The molecule has 1 heterocycles. The Kier molecular flexibility index (Phi) is 6.26. The van der Waals surface area contributed by atoms with Gasteiger partial charge in [-0.05, 0) is 47.5 Å². The van der Waals surface area contributed by atoms with E-state index in [-0.39, 0.29) is 24.4 Å². The van der Waals surface area contributed by atoms with Gasteiger partial charge >= 0.3 is 0 Å². The monoisotopic (exact) mass is 432 g/mol. The number of halogens is 1. The number of benzene rings is 3. The Morgan fingerprint density at radius 3 is 2.53 bits per heavy atom. The second kappa shape index (κ2) is 9.43. The van der Waals surface area contributed by atoms with Crippen molar-refractivity contribution in [3.05, 3.63) is 95.3 Å². The highest BCUT2D eigenvalue weighted by atomic mass is 19.1. The van der Waals surface area contributed by atoms with Gasteiger partial charge in [-0.25, -0.2) is 9.40 Å². The summed E-state index contributed by atoms with van der Waals surface area (Å²) in [6.07, 6.45) is 1.19. The van der Waals surface area contributed by atoms with Gasteiger partial charge in [-0.15, -0.1) is 0 Å². The largest absolute Gasteiger partial charge is 0.497 e. The van der Waals surface area contributed by atoms with E-state index in [9.17, 15) is 14.0 Å². The molecule has 0 bridgehead atoms. The van der Waals surface area contributed by atoms with Crippen LogP contribution >= 0.6 is 0 Å². The Hall–Kier alpha value is -4.00. The lowest BCUT2D eigenvalue weighted by Gasteiger charge is -2.22. The first-order chi connectivity index (χ1) is 15.6. The molecule has 0 radical (unpaired) electrons. The van der Waals surface area contributed by atoms with Gasteiger partial charge in [-0.2, -0.15) is 5.10 Å². The van der Waals surface area contributed by atoms with E-state index in [1.54, 1.807) is 43.5 Å². The molecular weight excluding hydrogens is 411 g/mol. The fraction of sp³-hybridized carbons (Fsp3) is 0.160. The summed E-state index contributed by atoms with van der Waals surface area (Å²) in [6, 6.07) is 19.7. The van der Waals surface area contributed by atoms with Crippen LogP contribution in [0.25, 0.3) is 0 Å². The van der Waals surface area contributed by atoms with Crippen LogP contribution in [-0.4, -0.2) is 36.6 Å². The maximum Gasteiger partial charge on any atom is 0.281 e. The van der Waals surface area contributed by atoms with E-state index in [1.807, 2.05) is 24.3 Å². The molecule has 1 amide bonds. The molecule has 0 spiro atoms. The number of hydrogen-bond donors (Lipinski definition) is 0. The molecule has 0 fully saturated rings. The van der Waals surface area contributed by atoms with E-state index >= 15 is 0 Å². The zero-order chi connectivity index (χ0) is 22.5. The summed E-state index contributed by atoms with van der Waals surface area (Å²) in [5.74, 6) is 0.464. The van der Waals surface area contributed by atoms with E-state index in [4.69, 9.17) is 9.47 Å². The van der Waals surface area contributed by atoms with Crippen molar-refractivity contribution >= 4 is 17.9 Å². The Labute approximate surface area is 184 Å². The number of ether oxygens (including phenoxy) is 2. The van der Waals surface area contributed by atoms with Crippen LogP contribution in [0.5, 0.6) is 11.5 Å². The molecule has 162 valence electrons. The molecule has 1 unspecified atom stereocenters. The van der Waals surface area contributed by atoms with E-state index in [0.29, 0.717) is 35.5 Å². The fourth-order valence-corrected chi connectivity index (χ4v) is 3.53. The smallest absolute Gasteiger partial charge is 0.281 e. The van der Waals surface area contributed by atoms with Crippen LogP contribution in [0.3, 0.4) is 0 Å². The number of hydrazone groups is 1. The number of amides is 1. The predicted octanol–water partition coefficient (Wildman–Crippen LogP) is 4.40. The molecule has 3 aromatic rings. The lowest BCUT2D eigenvalue weighted by molar-refractivity contribution is -0.135. The molecular formula is C25H21FN2O4. The van der Waals surface area contributed by atoms with Crippen LogP contribution in [0, 0.1) is 5.82 Å². The van der Waals surface area contributed by atoms with Gasteiger partial charge in [0, 0.05) is 12.0 Å². The summed E-state index contributed by atoms with van der Waals surface area (Å²) < 4.78 is 24.2. The first-order valence-corrected chi connectivity index (χ1v) is 10.0. The number of aldehydes is 1. The fourth-order valence-electron chi connectivity index (χ4n) is 3.53. The number of hydrogen-bond acceptors (Lipinski definition) is 5. The van der Waals surface area contributed by atoms with Gasteiger partial charge in [0.15, 0.2) is 6.61 Å². The van der Waals surface area contributed by atoms with Gasteiger partial charge in [0.1, 0.15) is 23.6 Å². The minimum Gasteiger partial charge on any atom is -0.497 e. The van der Waals surface area contributed by atoms with E-state index < -0.39 is 0 Å². The Bertz CT molecular complexity index is 1140. The summed E-state index contributed by atoms with van der Waals surface area (Å²) in [5.41, 5.74) is 2.79. The zero-order valence-electron chi connectivity index (χ0n) is 17.4. The SMILES string of the molecule is COc1ccc(C2CC(c3ccc(F)cc3)=NN2C(=O)COc2cccc(C=O)c2)cc1. The average Bonchev–Trinajstić information content (AvgIpc) is 3.29. The van der Waals surface area contributed by atoms with Crippen molar-refractivity contribution in [2.24, 2.45) is 5.10 Å². The Balaban J connectivity index is 1.57. The highest BCUT2D eigenvalue weighted by Gasteiger charge is 2.33. The number of methoxy groups -OCH3 is 1. The van der Waals surface area contributed by atoms with Gasteiger partial charge in [0.05, 0.1) is 18.9 Å². The quantitative estimate of drug-likeness (QED) is 0.519. The molecule has 0 saturated carbocycles. The molecule has 1 atom stereocenters. The van der Waals surface area contributed by atoms with Crippen LogP contribution in [-0.2, 0) is 4.79 Å². The molecule has 32 heavy (non-hydrogen) atoms. The molecule has 0 N–H and O–H groups in total. The Morgan fingerprint density at radius 2 is 1.84 bits per heavy atom. The predicted molar refractivity (Wildman–Crippen MR) is 117 cm³/mol. The molecule has 1 aliphatic heterocycles. The van der Waals surface area contributed by atoms with Crippen molar-refractivity contribution in [3.63, 3.8) is 0 Å². The maximum absolute atomic E-state index is 13.4. The van der Waals surface area contributed by atoms with E-state index in [2.05, 4.69) is 5.10 Å². The lowest BCUT2D eigenvalue weighted by Crippen LogP contribution is -2.31. The van der Waals surface area contributed by atoms with E-state index in [0.717, 1.165) is 11.1 Å². The highest BCUT2D eigenvalue weighted by Crippen LogP contribution is 2.33. The average molecular weight is 432 g/mol. The summed E-state index contributed by atoms with van der Waals surface area (Å²) in [4.78, 5) is 24.0. The number of rotatable bonds is 7. The van der Waals surface area contributed by atoms with Crippen LogP contribution in [0.4, 0.5) is 4.39 Å². The minimum atomic E-state index is -0.335. The third kappa shape index (κ3) is 4.67. The first kappa shape index (κ1) is 21.2. The van der Waals surface area contributed by atoms with Gasteiger partial charge in [0.2, 0.25) is 0 Å². The normalized spacial score (nSPS) is 15.2. The van der Waals surface area contributed by atoms with Crippen molar-refractivity contribution < 1.29 is 23.5 Å². The summed E-state index contributed by atoms with van der Waals surface area (Å²) >= 11 is 0. The molecule has 6 nitrogen and oxygen atoms in total. The van der Waals surface area contributed by atoms with E-state index in [1.165, 1.54) is 17.1 Å². The van der Waals surface area contributed by atoms with Gasteiger partial charge in [-0.3, -0.25) is 9.59 Å². The van der Waals surface area contributed by atoms with Crippen LogP contribution in [0.15, 0.2) is 77.9 Å². The molecule has 4 rings (SSSR count). The summed E-state index contributed by atoms with van der Waals surface area (Å²) in [5, 5.41) is 5.95.